The van der Waals surface area contributed by atoms with Crippen LogP contribution in [0.25, 0.3) is 10.4 Å². The summed E-state index contributed by atoms with van der Waals surface area (Å²) in [6.45, 7) is 10.9. The van der Waals surface area contributed by atoms with Crippen molar-refractivity contribution in [3.05, 3.63) is 149 Å². The molecule has 4 aromatic carbocycles. The number of methoxy groups -OCH3 is 1. The molecular formula is C55H76N7O13. The molecule has 75 heavy (non-hydrogen) atoms. The molecule has 0 unspecified atom stereocenters. The molecule has 0 heterocycles. The van der Waals surface area contributed by atoms with E-state index in [1.807, 2.05) is 48.5 Å². The van der Waals surface area contributed by atoms with Crippen LogP contribution in [-0.4, -0.2) is 169 Å². The van der Waals surface area contributed by atoms with Gasteiger partial charge in [0.1, 0.15) is 25.0 Å². The Morgan fingerprint density at radius 3 is 1.52 bits per heavy atom. The number of rotatable bonds is 44. The van der Waals surface area contributed by atoms with Crippen LogP contribution in [0.2, 0.25) is 0 Å². The third kappa shape index (κ3) is 25.9. The lowest BCUT2D eigenvalue weighted by Crippen LogP contribution is -2.46. The van der Waals surface area contributed by atoms with Gasteiger partial charge in [-0.3, -0.25) is 19.7 Å². The van der Waals surface area contributed by atoms with E-state index in [1.165, 1.54) is 0 Å². The number of hydrogen-bond donors (Lipinski definition) is 4. The molecule has 0 aromatic heterocycles. The highest BCUT2D eigenvalue weighted by molar-refractivity contribution is 5.97. The molecule has 0 aliphatic heterocycles. The second kappa shape index (κ2) is 39.4. The zero-order chi connectivity index (χ0) is 53.3. The van der Waals surface area contributed by atoms with Gasteiger partial charge < -0.3 is 63.3 Å². The Balaban J connectivity index is 1.05. The minimum atomic E-state index is -0.868. The van der Waals surface area contributed by atoms with Crippen LogP contribution in [0.3, 0.4) is 0 Å². The van der Waals surface area contributed by atoms with E-state index in [9.17, 15) is 14.4 Å². The third-order valence-electron chi connectivity index (χ3n) is 11.2. The highest BCUT2D eigenvalue weighted by atomic mass is 16.6. The number of anilines is 1. The van der Waals surface area contributed by atoms with Crippen LogP contribution in [0.15, 0.2) is 114 Å². The summed E-state index contributed by atoms with van der Waals surface area (Å²) in [5.41, 5.74) is 12.1. The summed E-state index contributed by atoms with van der Waals surface area (Å²) < 4.78 is 54.5. The Morgan fingerprint density at radius 2 is 1.03 bits per heavy atom. The highest BCUT2D eigenvalue weighted by Gasteiger charge is 2.36. The molecule has 0 aliphatic carbocycles. The summed E-state index contributed by atoms with van der Waals surface area (Å²) in [4.78, 5) is 41.8. The molecule has 20 heteroatoms. The van der Waals surface area contributed by atoms with Crippen molar-refractivity contribution in [1.82, 2.24) is 16.0 Å². The van der Waals surface area contributed by atoms with Gasteiger partial charge in [0.25, 0.3) is 0 Å². The minimum absolute atomic E-state index is 0.247. The number of ether oxygens (including phenoxy) is 10. The fourth-order valence-electron chi connectivity index (χ4n) is 7.44. The number of hydrogen-bond acceptors (Lipinski definition) is 15. The van der Waals surface area contributed by atoms with Crippen molar-refractivity contribution < 1.29 is 61.8 Å². The molecule has 0 bridgehead atoms. The second-order valence-electron chi connectivity index (χ2n) is 16.6. The first kappa shape index (κ1) is 61.5. The molecule has 4 N–H and O–H groups in total. The number of benzene rings is 4. The normalized spacial score (nSPS) is 11.7. The van der Waals surface area contributed by atoms with Gasteiger partial charge >= 0.3 is 0 Å². The quantitative estimate of drug-likeness (QED) is 0.0138. The number of unbranched alkanes of at least 4 members (excludes halogenated alkanes) is 1. The van der Waals surface area contributed by atoms with Crippen molar-refractivity contribution in [3.63, 3.8) is 0 Å². The Labute approximate surface area is 441 Å². The average molecular weight is 1040 g/mol. The van der Waals surface area contributed by atoms with Crippen molar-refractivity contribution in [3.8, 4) is 5.75 Å². The molecular weight excluding hydrogens is 967 g/mol. The number of nitrogens with one attached hydrogen (secondary N) is 4. The first-order valence-corrected chi connectivity index (χ1v) is 25.4. The predicted molar refractivity (Wildman–Crippen MR) is 283 cm³/mol. The van der Waals surface area contributed by atoms with Gasteiger partial charge in [0.2, 0.25) is 17.7 Å². The van der Waals surface area contributed by atoms with Crippen molar-refractivity contribution in [2.45, 2.75) is 30.8 Å². The maximum atomic E-state index is 13.6. The Bertz CT molecular complexity index is 2130. The molecule has 3 amide bonds. The number of azide groups is 1. The number of carbonyl (C=O) groups excluding carboxylic acids is 3. The van der Waals surface area contributed by atoms with E-state index in [2.05, 4.69) is 74.6 Å². The van der Waals surface area contributed by atoms with Crippen LogP contribution in [0.5, 0.6) is 5.75 Å². The topological polar surface area (TPSA) is 240 Å². The first-order valence-electron chi connectivity index (χ1n) is 25.4. The second-order valence-corrected chi connectivity index (χ2v) is 16.6. The molecule has 1 atom stereocenters. The van der Waals surface area contributed by atoms with Gasteiger partial charge in [-0.05, 0) is 84.8 Å². The van der Waals surface area contributed by atoms with Gasteiger partial charge in [0, 0.05) is 23.7 Å². The highest BCUT2D eigenvalue weighted by Crippen LogP contribution is 2.37. The molecule has 4 aromatic rings. The summed E-state index contributed by atoms with van der Waals surface area (Å²) >= 11 is 0. The molecule has 20 nitrogen and oxygen atoms in total. The fourth-order valence-corrected chi connectivity index (χ4v) is 7.44. The lowest BCUT2D eigenvalue weighted by molar-refractivity contribution is -0.133. The number of amides is 3. The van der Waals surface area contributed by atoms with Crippen LogP contribution in [-0.2, 0) is 62.6 Å². The fraction of sp³-hybridized carbons (Fsp3) is 0.491. The van der Waals surface area contributed by atoms with Crippen molar-refractivity contribution in [2.24, 2.45) is 5.11 Å². The van der Waals surface area contributed by atoms with Crippen LogP contribution < -0.4 is 26.0 Å². The zero-order valence-corrected chi connectivity index (χ0v) is 43.3. The van der Waals surface area contributed by atoms with Gasteiger partial charge in [-0.25, -0.2) is 0 Å². The molecule has 1 radical (unpaired) electrons. The van der Waals surface area contributed by atoms with Crippen molar-refractivity contribution >= 4 is 23.4 Å². The van der Waals surface area contributed by atoms with E-state index in [0.29, 0.717) is 137 Å². The molecule has 0 fully saturated rings. The van der Waals surface area contributed by atoms with Crippen LogP contribution in [0.4, 0.5) is 5.69 Å². The van der Waals surface area contributed by atoms with Gasteiger partial charge in [0.05, 0.1) is 118 Å². The number of nitrogens with zero attached hydrogens (tertiary/aromatic N) is 3. The van der Waals surface area contributed by atoms with Gasteiger partial charge in [-0.2, -0.15) is 0 Å². The SMILES string of the molecule is [CH2]c1ccc(NC(=O)[C@H](CCCCNC(c2ccccc2)(c2ccccc2)c2ccc(OC)cc2)NC(=O)COCC(=O)NCCOCCOCCOCCOCCOCCOCCOCCOCCN=[N+]=[N-])cc1. The summed E-state index contributed by atoms with van der Waals surface area (Å²) in [5.74, 6) is -0.546. The maximum absolute atomic E-state index is 13.6. The molecule has 0 saturated heterocycles. The lowest BCUT2D eigenvalue weighted by Gasteiger charge is -2.37. The standard InChI is InChI=1S/C55H76N7O13/c1-45-16-20-49(21-17-45)60-54(65)51(15-9-10-24-58-55(46-11-5-3-6-12-46,47-13-7-4-8-14-47)48-18-22-50(66-2)23-19-48)61-53(64)44-75-43-52(63)57-25-27-67-29-31-69-33-35-71-37-39-73-41-42-74-40-38-72-36-34-70-32-30-68-28-26-59-62-56/h3-8,11-14,16-23,51,58H,1,9-10,15,24-44H2,2H3,(H,57,63)(H,60,65)(H,61,64)/t51-/m0/s1. The molecule has 409 valence electrons. The van der Waals surface area contributed by atoms with E-state index in [0.717, 1.165) is 28.0 Å². The monoisotopic (exact) mass is 1040 g/mol. The summed E-state index contributed by atoms with van der Waals surface area (Å²) in [7, 11) is 1.65. The Hall–Kier alpha value is -6.00. The Morgan fingerprint density at radius 1 is 0.560 bits per heavy atom. The van der Waals surface area contributed by atoms with Crippen LogP contribution >= 0.6 is 0 Å². The van der Waals surface area contributed by atoms with E-state index >= 15 is 0 Å². The van der Waals surface area contributed by atoms with Crippen molar-refractivity contribution in [2.75, 3.05) is 151 Å². The molecule has 0 spiro atoms. The van der Waals surface area contributed by atoms with E-state index in [1.54, 1.807) is 31.4 Å². The van der Waals surface area contributed by atoms with E-state index in [-0.39, 0.29) is 25.7 Å². The van der Waals surface area contributed by atoms with Crippen molar-refractivity contribution in [1.29, 1.82) is 0 Å². The average Bonchev–Trinajstić information content (AvgIpc) is 3.43. The van der Waals surface area contributed by atoms with Gasteiger partial charge in [-0.15, -0.1) is 0 Å². The lowest BCUT2D eigenvalue weighted by atomic mass is 9.77. The third-order valence-corrected chi connectivity index (χ3v) is 11.2. The molecule has 4 rings (SSSR count). The summed E-state index contributed by atoms with van der Waals surface area (Å²) in [6, 6.07) is 34.9. The van der Waals surface area contributed by atoms with E-state index < -0.39 is 30.0 Å². The first-order chi connectivity index (χ1) is 36.8. The maximum Gasteiger partial charge on any atom is 0.246 e. The zero-order valence-electron chi connectivity index (χ0n) is 43.3. The van der Waals surface area contributed by atoms with Gasteiger partial charge in [-0.1, -0.05) is 90.0 Å². The predicted octanol–water partition coefficient (Wildman–Crippen LogP) is 5.63. The smallest absolute Gasteiger partial charge is 0.246 e. The summed E-state index contributed by atoms with van der Waals surface area (Å²) in [5, 5.41) is 15.7. The van der Waals surface area contributed by atoms with Crippen LogP contribution in [0, 0.1) is 6.92 Å². The molecule has 0 saturated carbocycles. The summed E-state index contributed by atoms with van der Waals surface area (Å²) in [6.07, 6.45) is 1.64. The largest absolute Gasteiger partial charge is 0.497 e. The molecule has 0 aliphatic rings. The number of carbonyl (C=O) groups is 3. The minimum Gasteiger partial charge on any atom is -0.497 e. The van der Waals surface area contributed by atoms with Gasteiger partial charge in [0.15, 0.2) is 0 Å². The van der Waals surface area contributed by atoms with E-state index in [4.69, 9.17) is 52.9 Å². The Kier molecular flexibility index (Phi) is 32.3. The van der Waals surface area contributed by atoms with Crippen LogP contribution in [0.1, 0.15) is 41.5 Å².